The predicted molar refractivity (Wildman–Crippen MR) is 25.0 cm³/mol. The standard InChI is InChI=1S/C2H8N4O.U/c1-4-7-5-6(2)3;/h4H,2H2,1H3,(H2,3,5);. The zero-order valence-corrected chi connectivity index (χ0v) is 8.73. The van der Waals surface area contributed by atoms with Crippen LogP contribution in [0.15, 0.2) is 0 Å². The molecule has 0 unspecified atom stereocenters. The third-order valence-electron chi connectivity index (χ3n) is 0.258. The van der Waals surface area contributed by atoms with E-state index in [0.29, 0.717) is 4.79 Å². The molecule has 5 nitrogen and oxygen atoms in total. The molecule has 0 aromatic rings. The van der Waals surface area contributed by atoms with Crippen LogP contribution >= 0.6 is 0 Å². The summed E-state index contributed by atoms with van der Waals surface area (Å²) in [6.45, 7) is 3.10. The van der Waals surface area contributed by atoms with Gasteiger partial charge in [0.25, 0.3) is 0 Å². The Morgan fingerprint density at radius 2 is 2.25 bits per heavy atom. The van der Waals surface area contributed by atoms with Crippen LogP contribution in [0.1, 0.15) is 0 Å². The van der Waals surface area contributed by atoms with E-state index in [4.69, 9.17) is 5.84 Å². The van der Waals surface area contributed by atoms with Crippen LogP contribution in [0.4, 0.5) is 0 Å². The van der Waals surface area contributed by atoms with Gasteiger partial charge in [-0.25, -0.2) is 10.8 Å². The summed E-state index contributed by atoms with van der Waals surface area (Å²) in [5, 5.41) is 0. The molecular weight excluding hydrogens is 334 g/mol. The van der Waals surface area contributed by atoms with Crippen LogP contribution in [0, 0.1) is 31.1 Å². The van der Waals surface area contributed by atoms with Gasteiger partial charge in [0, 0.05) is 38.2 Å². The van der Waals surface area contributed by atoms with Crippen molar-refractivity contribution in [3.8, 4) is 0 Å². The molecule has 0 heterocycles. The van der Waals surface area contributed by atoms with E-state index < -0.39 is 0 Å². The molecule has 0 atom stereocenters. The van der Waals surface area contributed by atoms with Crippen LogP contribution in [-0.2, 0) is 4.94 Å². The molecule has 46 valence electrons. The minimum Gasteiger partial charge on any atom is -0.228 e. The Morgan fingerprint density at radius 3 is 2.38 bits per heavy atom. The summed E-state index contributed by atoms with van der Waals surface area (Å²) in [6, 6.07) is 0. The molecule has 0 aromatic heterocycles. The summed E-state index contributed by atoms with van der Waals surface area (Å²) >= 11 is 0. The van der Waals surface area contributed by atoms with E-state index in [9.17, 15) is 0 Å². The van der Waals surface area contributed by atoms with Gasteiger partial charge in [-0.1, -0.05) is 0 Å². The number of hydrazine groups is 1. The first-order valence-corrected chi connectivity index (χ1v) is 1.67. The normalized spacial score (nSPS) is 7.12. The van der Waals surface area contributed by atoms with Gasteiger partial charge >= 0.3 is 0 Å². The van der Waals surface area contributed by atoms with Crippen LogP contribution < -0.4 is 11.1 Å². The Kier molecular flexibility index (Phi) is 10.0. The first kappa shape index (κ1) is 11.1. The maximum atomic E-state index is 6.53. The average molecular weight is 342 g/mol. The molecule has 0 saturated heterocycles. The number of hydrogen-bond donors (Lipinski definition) is 2. The SMILES string of the molecule is C=[N+]([NH-])NONC.[U]. The number of rotatable bonds is 3. The van der Waals surface area contributed by atoms with Crippen LogP contribution in [0.2, 0.25) is 0 Å². The smallest absolute Gasteiger partial charge is 0.155 e. The second kappa shape index (κ2) is 7.24. The quantitative estimate of drug-likeness (QED) is 0.403. The summed E-state index contributed by atoms with van der Waals surface area (Å²) in [5.41, 5.74) is 4.36. The Labute approximate surface area is 71.5 Å². The van der Waals surface area contributed by atoms with Crippen LogP contribution in [0.3, 0.4) is 0 Å². The van der Waals surface area contributed by atoms with Crippen molar-refractivity contribution in [2.75, 3.05) is 7.05 Å². The first-order chi connectivity index (χ1) is 3.27. The molecule has 8 heavy (non-hydrogen) atoms. The first-order valence-electron chi connectivity index (χ1n) is 1.67. The van der Waals surface area contributed by atoms with E-state index in [1.54, 1.807) is 7.05 Å². The average Bonchev–Trinajstić information content (AvgIpc) is 1.61. The number of hydroxylamine groups is 1. The summed E-state index contributed by atoms with van der Waals surface area (Å²) < 4.78 is 0. The fourth-order valence-corrected chi connectivity index (χ4v) is 0.101. The van der Waals surface area contributed by atoms with Crippen LogP contribution in [0.5, 0.6) is 0 Å². The van der Waals surface area contributed by atoms with Crippen LogP contribution in [0.25, 0.3) is 5.84 Å². The Hall–Kier alpha value is 0.242. The number of nitrogens with one attached hydrogen (secondary N) is 3. The summed E-state index contributed by atoms with van der Waals surface area (Å²) in [5.74, 6) is 6.53. The van der Waals surface area contributed by atoms with Crippen molar-refractivity contribution in [3.63, 3.8) is 0 Å². The summed E-state index contributed by atoms with van der Waals surface area (Å²) in [7, 11) is 1.57. The van der Waals surface area contributed by atoms with Crippen molar-refractivity contribution >= 4 is 6.72 Å². The fraction of sp³-hybridized carbons (Fsp3) is 0.500. The number of hydrogen-bond acceptors (Lipinski definition) is 3. The van der Waals surface area contributed by atoms with Gasteiger partial charge < -0.3 is 0 Å². The topological polar surface area (TPSA) is 60.1 Å². The van der Waals surface area contributed by atoms with Gasteiger partial charge in [-0.2, -0.15) is 11.1 Å². The molecule has 0 bridgehead atoms. The maximum absolute atomic E-state index is 6.53. The largest absolute Gasteiger partial charge is 0.228 e. The Morgan fingerprint density at radius 1 is 1.75 bits per heavy atom. The van der Waals surface area contributed by atoms with E-state index in [0.717, 1.165) is 0 Å². The molecule has 0 radical (unpaired) electrons. The van der Waals surface area contributed by atoms with Gasteiger partial charge in [0.1, 0.15) is 0 Å². The zero-order chi connectivity index (χ0) is 5.70. The van der Waals surface area contributed by atoms with Gasteiger partial charge in [0.15, 0.2) is 6.72 Å². The zero-order valence-electron chi connectivity index (χ0n) is 4.56. The van der Waals surface area contributed by atoms with Crippen molar-refractivity contribution < 1.29 is 40.8 Å². The van der Waals surface area contributed by atoms with E-state index in [1.165, 1.54) is 0 Å². The molecular formula is C2H8N4OU. The minimum atomic E-state index is 0. The molecule has 0 rings (SSSR count). The second-order valence-electron chi connectivity index (χ2n) is 0.826. The predicted octanol–water partition coefficient (Wildman–Crippen LogP) is -0.763. The minimum absolute atomic E-state index is 0. The van der Waals surface area contributed by atoms with Gasteiger partial charge in [0.05, 0.1) is 0 Å². The second-order valence-corrected chi connectivity index (χ2v) is 0.826. The van der Waals surface area contributed by atoms with E-state index >= 15 is 0 Å². The molecule has 0 saturated carbocycles. The van der Waals surface area contributed by atoms with Crippen LogP contribution in [-0.4, -0.2) is 18.6 Å². The van der Waals surface area contributed by atoms with Gasteiger partial charge in [-0.05, 0) is 0 Å². The van der Waals surface area contributed by atoms with Crippen molar-refractivity contribution in [2.45, 2.75) is 0 Å². The monoisotopic (exact) mass is 342 g/mol. The summed E-state index contributed by atoms with van der Waals surface area (Å²) in [6.07, 6.45) is 0. The van der Waals surface area contributed by atoms with Crippen molar-refractivity contribution in [1.82, 2.24) is 11.1 Å². The van der Waals surface area contributed by atoms with E-state index in [-0.39, 0.29) is 31.1 Å². The molecule has 0 amide bonds. The summed E-state index contributed by atoms with van der Waals surface area (Å²) in [4.78, 5) is 4.95. The molecule has 0 aliphatic rings. The van der Waals surface area contributed by atoms with Gasteiger partial charge in [0.2, 0.25) is 0 Å². The van der Waals surface area contributed by atoms with Gasteiger partial charge in [-0.15, -0.1) is 4.79 Å². The molecule has 0 aliphatic carbocycles. The Balaban J connectivity index is 0. The molecule has 6 heteroatoms. The number of hydrazone groups is 1. The number of nitrogens with zero attached hydrogens (tertiary/aromatic N) is 1. The molecule has 0 aromatic carbocycles. The maximum Gasteiger partial charge on any atom is 0.155 e. The third kappa shape index (κ3) is 9.53. The van der Waals surface area contributed by atoms with Crippen molar-refractivity contribution in [3.05, 3.63) is 5.84 Å². The van der Waals surface area contributed by atoms with Crippen molar-refractivity contribution in [1.29, 1.82) is 0 Å². The molecule has 0 spiro atoms. The van der Waals surface area contributed by atoms with E-state index in [2.05, 4.69) is 22.7 Å². The van der Waals surface area contributed by atoms with E-state index in [1.807, 2.05) is 0 Å². The van der Waals surface area contributed by atoms with Gasteiger partial charge in [-0.3, -0.25) is 0 Å². The Bertz CT molecular complexity index is 67.1. The molecule has 0 fully saturated rings. The third-order valence-corrected chi connectivity index (χ3v) is 0.258. The molecule has 3 N–H and O–H groups in total. The van der Waals surface area contributed by atoms with Crippen molar-refractivity contribution in [2.24, 2.45) is 0 Å². The fourth-order valence-electron chi connectivity index (χ4n) is 0.101. The molecule has 0 aliphatic heterocycles.